The van der Waals surface area contributed by atoms with Crippen molar-refractivity contribution in [1.29, 1.82) is 0 Å². The molecule has 0 aliphatic rings. The third-order valence-electron chi connectivity index (χ3n) is 1.23. The van der Waals surface area contributed by atoms with Gasteiger partial charge in [0.05, 0.1) is 18.1 Å². The first kappa shape index (κ1) is 10.5. The zero-order chi connectivity index (χ0) is 10.8. The maximum Gasteiger partial charge on any atom is 0.325 e. The summed E-state index contributed by atoms with van der Waals surface area (Å²) in [6.07, 6.45) is 3.54. The monoisotopic (exact) mass is 219 g/mol. The van der Waals surface area contributed by atoms with Crippen LogP contribution in [0.2, 0.25) is 0 Å². The molecule has 0 atom stereocenters. The standard InChI is InChI=1S/C6H9N3O4S/c1-14(12,13)8-5-2-7-9(3-5)4-6(10)11/h2-3,8H,4H2,1H3,(H,10,11). The Morgan fingerprint density at radius 2 is 2.36 bits per heavy atom. The van der Waals surface area contributed by atoms with E-state index in [0.29, 0.717) is 0 Å². The van der Waals surface area contributed by atoms with Crippen LogP contribution in [0.15, 0.2) is 12.4 Å². The molecule has 8 heteroatoms. The SMILES string of the molecule is CS(=O)(=O)Nc1cnn(CC(=O)O)c1. The molecule has 14 heavy (non-hydrogen) atoms. The largest absolute Gasteiger partial charge is 0.480 e. The highest BCUT2D eigenvalue weighted by molar-refractivity contribution is 7.92. The summed E-state index contributed by atoms with van der Waals surface area (Å²) in [5.41, 5.74) is 0.244. The fraction of sp³-hybridized carbons (Fsp3) is 0.333. The molecule has 0 amide bonds. The van der Waals surface area contributed by atoms with E-state index in [9.17, 15) is 13.2 Å². The molecule has 0 unspecified atom stereocenters. The number of aromatic nitrogens is 2. The van der Waals surface area contributed by atoms with Crippen LogP contribution in [0.3, 0.4) is 0 Å². The number of carboxylic acids is 1. The van der Waals surface area contributed by atoms with E-state index in [1.165, 1.54) is 12.4 Å². The minimum absolute atomic E-state index is 0.244. The van der Waals surface area contributed by atoms with E-state index in [1.807, 2.05) is 0 Å². The minimum Gasteiger partial charge on any atom is -0.480 e. The van der Waals surface area contributed by atoms with Gasteiger partial charge in [-0.3, -0.25) is 14.2 Å². The Labute approximate surface area is 80.4 Å². The Kier molecular flexibility index (Phi) is 2.75. The van der Waals surface area contributed by atoms with E-state index in [4.69, 9.17) is 5.11 Å². The topological polar surface area (TPSA) is 101 Å². The van der Waals surface area contributed by atoms with Gasteiger partial charge in [0.25, 0.3) is 0 Å². The van der Waals surface area contributed by atoms with Gasteiger partial charge in [0.2, 0.25) is 10.0 Å². The molecule has 0 aromatic carbocycles. The summed E-state index contributed by atoms with van der Waals surface area (Å²) in [5.74, 6) is -1.04. The summed E-state index contributed by atoms with van der Waals surface area (Å²) in [5, 5.41) is 12.1. The van der Waals surface area contributed by atoms with Crippen LogP contribution in [-0.4, -0.2) is 35.5 Å². The molecule has 0 bridgehead atoms. The zero-order valence-corrected chi connectivity index (χ0v) is 8.15. The number of sulfonamides is 1. The lowest BCUT2D eigenvalue weighted by atomic mass is 10.6. The van der Waals surface area contributed by atoms with Crippen molar-refractivity contribution in [3.63, 3.8) is 0 Å². The summed E-state index contributed by atoms with van der Waals surface area (Å²) in [7, 11) is -3.34. The summed E-state index contributed by atoms with van der Waals surface area (Å²) in [6, 6.07) is 0. The molecule has 0 saturated carbocycles. The lowest BCUT2D eigenvalue weighted by molar-refractivity contribution is -0.137. The summed E-state index contributed by atoms with van der Waals surface area (Å²) in [4.78, 5) is 10.3. The smallest absolute Gasteiger partial charge is 0.325 e. The van der Waals surface area contributed by atoms with E-state index in [1.54, 1.807) is 0 Å². The highest BCUT2D eigenvalue weighted by atomic mass is 32.2. The average Bonchev–Trinajstić information content (AvgIpc) is 2.30. The molecule has 0 radical (unpaired) electrons. The molecule has 2 N–H and O–H groups in total. The third-order valence-corrected chi connectivity index (χ3v) is 1.84. The summed E-state index contributed by atoms with van der Waals surface area (Å²) in [6.45, 7) is -0.300. The van der Waals surface area contributed by atoms with Crippen molar-refractivity contribution in [3.05, 3.63) is 12.4 Å². The number of hydrogen-bond donors (Lipinski definition) is 2. The predicted molar refractivity (Wildman–Crippen MR) is 48.3 cm³/mol. The predicted octanol–water partition coefficient (Wildman–Crippen LogP) is -0.661. The second-order valence-electron chi connectivity index (χ2n) is 2.69. The van der Waals surface area contributed by atoms with Gasteiger partial charge in [0.1, 0.15) is 6.54 Å². The Morgan fingerprint density at radius 3 is 2.86 bits per heavy atom. The second kappa shape index (κ2) is 3.66. The Hall–Kier alpha value is -1.57. The number of anilines is 1. The van der Waals surface area contributed by atoms with Crippen LogP contribution in [0.25, 0.3) is 0 Å². The van der Waals surface area contributed by atoms with Gasteiger partial charge in [-0.2, -0.15) is 5.10 Å². The Bertz CT molecular complexity index is 436. The van der Waals surface area contributed by atoms with Crippen LogP contribution in [0.4, 0.5) is 5.69 Å². The molecular formula is C6H9N3O4S. The molecule has 1 heterocycles. The quantitative estimate of drug-likeness (QED) is 0.700. The maximum atomic E-state index is 10.8. The number of carbonyl (C=O) groups is 1. The number of nitrogens with zero attached hydrogens (tertiary/aromatic N) is 2. The van der Waals surface area contributed by atoms with Crippen molar-refractivity contribution in [2.45, 2.75) is 6.54 Å². The van der Waals surface area contributed by atoms with Crippen molar-refractivity contribution in [2.24, 2.45) is 0 Å². The van der Waals surface area contributed by atoms with Crippen LogP contribution in [-0.2, 0) is 21.4 Å². The number of rotatable bonds is 4. The molecule has 1 aromatic rings. The van der Waals surface area contributed by atoms with Crippen LogP contribution in [0.1, 0.15) is 0 Å². The normalized spacial score (nSPS) is 11.2. The molecule has 1 rings (SSSR count). The summed E-state index contributed by atoms with van der Waals surface area (Å²) >= 11 is 0. The van der Waals surface area contributed by atoms with Gasteiger partial charge < -0.3 is 5.11 Å². The fourth-order valence-electron chi connectivity index (χ4n) is 0.855. The fourth-order valence-corrected chi connectivity index (χ4v) is 1.39. The molecule has 78 valence electrons. The van der Waals surface area contributed by atoms with Gasteiger partial charge in [0.15, 0.2) is 0 Å². The second-order valence-corrected chi connectivity index (χ2v) is 4.44. The molecule has 0 aliphatic carbocycles. The lowest BCUT2D eigenvalue weighted by Gasteiger charge is -1.97. The minimum atomic E-state index is -3.34. The first-order chi connectivity index (χ1) is 6.37. The van der Waals surface area contributed by atoms with Crippen LogP contribution in [0.5, 0.6) is 0 Å². The maximum absolute atomic E-state index is 10.8. The van der Waals surface area contributed by atoms with Crippen molar-refractivity contribution in [1.82, 2.24) is 9.78 Å². The lowest BCUT2D eigenvalue weighted by Crippen LogP contribution is -2.10. The zero-order valence-electron chi connectivity index (χ0n) is 7.34. The van der Waals surface area contributed by atoms with E-state index < -0.39 is 16.0 Å². The van der Waals surface area contributed by atoms with Crippen LogP contribution in [0, 0.1) is 0 Å². The summed E-state index contributed by atoms with van der Waals surface area (Å²) < 4.78 is 24.8. The van der Waals surface area contributed by atoms with Crippen molar-refractivity contribution >= 4 is 21.7 Å². The molecular weight excluding hydrogens is 210 g/mol. The van der Waals surface area contributed by atoms with Gasteiger partial charge >= 0.3 is 5.97 Å². The van der Waals surface area contributed by atoms with Gasteiger partial charge in [-0.25, -0.2) is 8.42 Å². The molecule has 7 nitrogen and oxygen atoms in total. The van der Waals surface area contributed by atoms with Gasteiger partial charge in [-0.15, -0.1) is 0 Å². The van der Waals surface area contributed by atoms with E-state index in [-0.39, 0.29) is 12.2 Å². The number of aliphatic carboxylic acids is 1. The average molecular weight is 219 g/mol. The van der Waals surface area contributed by atoms with Crippen molar-refractivity contribution in [3.8, 4) is 0 Å². The van der Waals surface area contributed by atoms with Crippen molar-refractivity contribution < 1.29 is 18.3 Å². The molecule has 0 aliphatic heterocycles. The Balaban J connectivity index is 2.74. The molecule has 0 spiro atoms. The van der Waals surface area contributed by atoms with Gasteiger partial charge in [0, 0.05) is 6.20 Å². The number of hydrogen-bond acceptors (Lipinski definition) is 4. The number of nitrogens with one attached hydrogen (secondary N) is 1. The molecule has 0 fully saturated rings. The van der Waals surface area contributed by atoms with E-state index in [2.05, 4.69) is 9.82 Å². The highest BCUT2D eigenvalue weighted by Gasteiger charge is 2.05. The first-order valence-corrected chi connectivity index (χ1v) is 5.48. The van der Waals surface area contributed by atoms with Gasteiger partial charge in [-0.1, -0.05) is 0 Å². The van der Waals surface area contributed by atoms with Crippen LogP contribution < -0.4 is 4.72 Å². The van der Waals surface area contributed by atoms with Gasteiger partial charge in [-0.05, 0) is 0 Å². The van der Waals surface area contributed by atoms with E-state index in [0.717, 1.165) is 10.9 Å². The van der Waals surface area contributed by atoms with E-state index >= 15 is 0 Å². The van der Waals surface area contributed by atoms with Crippen molar-refractivity contribution in [2.75, 3.05) is 11.0 Å². The molecule has 0 saturated heterocycles. The number of carboxylic acid groups (broad SMARTS) is 1. The Morgan fingerprint density at radius 1 is 1.71 bits per heavy atom. The first-order valence-electron chi connectivity index (χ1n) is 3.59. The third kappa shape index (κ3) is 3.44. The van der Waals surface area contributed by atoms with Crippen LogP contribution >= 0.6 is 0 Å². The molecule has 1 aromatic heterocycles. The highest BCUT2D eigenvalue weighted by Crippen LogP contribution is 2.05.